The predicted molar refractivity (Wildman–Crippen MR) is 41.9 cm³/mol. The van der Waals surface area contributed by atoms with Crippen molar-refractivity contribution in [2.75, 3.05) is 0 Å². The fourth-order valence-corrected chi connectivity index (χ4v) is 0.666. The van der Waals surface area contributed by atoms with Crippen molar-refractivity contribution in [1.29, 1.82) is 0 Å². The molecule has 0 fully saturated rings. The van der Waals surface area contributed by atoms with Crippen molar-refractivity contribution in [1.82, 2.24) is 0 Å². The Labute approximate surface area is 74.4 Å². The van der Waals surface area contributed by atoms with Crippen molar-refractivity contribution in [2.45, 2.75) is 24.4 Å². The lowest BCUT2D eigenvalue weighted by molar-refractivity contribution is -0.132. The number of carbonyl (C=O) groups excluding carboxylic acids is 1. The summed E-state index contributed by atoms with van der Waals surface area (Å²) in [5, 5.41) is 44.2. The normalized spacial score (nSPS) is 20.0. The summed E-state index contributed by atoms with van der Waals surface area (Å²) in [5.74, 6) is -0.760. The van der Waals surface area contributed by atoms with Crippen LogP contribution in [0.3, 0.4) is 0 Å². The van der Waals surface area contributed by atoms with E-state index < -0.39 is 30.2 Å². The van der Waals surface area contributed by atoms with Gasteiger partial charge in [-0.05, 0) is 0 Å². The molecule has 0 saturated carbocycles. The Hall–Kier alpha value is -0.950. The van der Waals surface area contributed by atoms with Gasteiger partial charge in [-0.1, -0.05) is 6.58 Å². The van der Waals surface area contributed by atoms with E-state index in [0.717, 1.165) is 0 Å². The van der Waals surface area contributed by atoms with E-state index in [4.69, 9.17) is 25.5 Å². The third-order valence-electron chi connectivity index (χ3n) is 1.50. The summed E-state index contributed by atoms with van der Waals surface area (Å²) >= 11 is 0. The van der Waals surface area contributed by atoms with Gasteiger partial charge in [0.05, 0.1) is 0 Å². The largest absolute Gasteiger partial charge is 0.510 e. The first-order valence-corrected chi connectivity index (χ1v) is 3.47. The summed E-state index contributed by atoms with van der Waals surface area (Å²) in [5.41, 5.74) is 0. The second kappa shape index (κ2) is 4.93. The van der Waals surface area contributed by atoms with E-state index in [9.17, 15) is 4.79 Å². The van der Waals surface area contributed by atoms with Gasteiger partial charge in [-0.3, -0.25) is 0 Å². The molecule has 0 rings (SSSR count). The maximum atomic E-state index is 9.96. The Morgan fingerprint density at radius 2 is 1.62 bits per heavy atom. The molecule has 0 aromatic rings. The second-order valence-corrected chi connectivity index (χ2v) is 2.54. The van der Waals surface area contributed by atoms with Gasteiger partial charge < -0.3 is 30.3 Å². The molecule has 0 aliphatic heterocycles. The van der Waals surface area contributed by atoms with E-state index in [0.29, 0.717) is 0 Å². The van der Waals surface area contributed by atoms with Gasteiger partial charge >= 0.3 is 0 Å². The van der Waals surface area contributed by atoms with E-state index in [1.807, 2.05) is 0 Å². The van der Waals surface area contributed by atoms with E-state index in [1.54, 1.807) is 0 Å². The van der Waals surface area contributed by atoms with Crippen molar-refractivity contribution >= 4 is 6.29 Å². The van der Waals surface area contributed by atoms with Crippen molar-refractivity contribution in [3.63, 3.8) is 0 Å². The number of hydrogen-bond acceptors (Lipinski definition) is 6. The Balaban J connectivity index is 4.32. The second-order valence-electron chi connectivity index (χ2n) is 2.54. The molecule has 0 bridgehead atoms. The number of carbonyl (C=O) groups is 1. The third-order valence-corrected chi connectivity index (χ3v) is 1.50. The molecule has 0 heterocycles. The summed E-state index contributed by atoms with van der Waals surface area (Å²) in [4.78, 5) is 9.96. The summed E-state index contributed by atoms with van der Waals surface area (Å²) < 4.78 is 0. The number of hydrogen-bond donors (Lipinski definition) is 5. The number of rotatable bonds is 5. The van der Waals surface area contributed by atoms with Gasteiger partial charge in [0.25, 0.3) is 0 Å². The van der Waals surface area contributed by atoms with Crippen molar-refractivity contribution in [2.24, 2.45) is 0 Å². The molecular formula is C7H12O6. The van der Waals surface area contributed by atoms with Crippen LogP contribution in [0.2, 0.25) is 0 Å². The maximum absolute atomic E-state index is 9.96. The molecule has 0 aromatic heterocycles. The van der Waals surface area contributed by atoms with Crippen LogP contribution in [0, 0.1) is 0 Å². The highest BCUT2D eigenvalue weighted by molar-refractivity contribution is 5.56. The third kappa shape index (κ3) is 3.11. The quantitative estimate of drug-likeness (QED) is 0.247. The molecule has 4 unspecified atom stereocenters. The van der Waals surface area contributed by atoms with Crippen LogP contribution in [-0.4, -0.2) is 56.2 Å². The molecule has 13 heavy (non-hydrogen) atoms. The maximum Gasteiger partial charge on any atom is 0.151 e. The topological polar surface area (TPSA) is 118 Å². The Morgan fingerprint density at radius 1 is 1.15 bits per heavy atom. The van der Waals surface area contributed by atoms with Crippen LogP contribution in [0.25, 0.3) is 0 Å². The standard InChI is InChI=1S/C7H12O6/c1-3(9)5(11)7(13)6(12)4(10)2-8/h2,4-7,9-13H,1H2. The first-order chi connectivity index (χ1) is 5.91. The van der Waals surface area contributed by atoms with Gasteiger partial charge in [0, 0.05) is 0 Å². The SMILES string of the molecule is C=C(O)C(O)C(O)C(O)C(O)C=O. The van der Waals surface area contributed by atoms with Crippen LogP contribution < -0.4 is 0 Å². The number of aliphatic hydroxyl groups excluding tert-OH is 5. The average Bonchev–Trinajstić information content (AvgIpc) is 2.12. The predicted octanol–water partition coefficient (Wildman–Crippen LogP) is -2.30. The molecule has 0 spiro atoms. The first-order valence-electron chi connectivity index (χ1n) is 3.47. The number of aldehydes is 1. The molecule has 0 saturated heterocycles. The lowest BCUT2D eigenvalue weighted by Gasteiger charge is -2.23. The molecule has 0 aliphatic rings. The molecule has 0 aromatic carbocycles. The van der Waals surface area contributed by atoms with Crippen LogP contribution in [0.15, 0.2) is 12.3 Å². The fraction of sp³-hybridized carbons (Fsp3) is 0.571. The Kier molecular flexibility index (Phi) is 4.57. The average molecular weight is 192 g/mol. The highest BCUT2D eigenvalue weighted by atomic mass is 16.4. The van der Waals surface area contributed by atoms with E-state index in [1.165, 1.54) is 0 Å². The smallest absolute Gasteiger partial charge is 0.151 e. The summed E-state index contributed by atoms with van der Waals surface area (Å²) in [7, 11) is 0. The van der Waals surface area contributed by atoms with Gasteiger partial charge in [0.1, 0.15) is 30.2 Å². The summed E-state index contributed by atoms with van der Waals surface area (Å²) in [6.07, 6.45) is -7.34. The lowest BCUT2D eigenvalue weighted by Crippen LogP contribution is -2.45. The van der Waals surface area contributed by atoms with Crippen LogP contribution in [0.4, 0.5) is 0 Å². The van der Waals surface area contributed by atoms with Crippen LogP contribution in [-0.2, 0) is 4.79 Å². The van der Waals surface area contributed by atoms with E-state index >= 15 is 0 Å². The zero-order valence-electron chi connectivity index (χ0n) is 6.74. The minimum Gasteiger partial charge on any atom is -0.510 e. The Bertz CT molecular complexity index is 191. The molecule has 76 valence electrons. The van der Waals surface area contributed by atoms with Crippen LogP contribution in [0.1, 0.15) is 0 Å². The van der Waals surface area contributed by atoms with Crippen LogP contribution >= 0.6 is 0 Å². The first kappa shape index (κ1) is 12.0. The molecular weight excluding hydrogens is 180 g/mol. The van der Waals surface area contributed by atoms with Crippen molar-refractivity contribution in [3.8, 4) is 0 Å². The molecule has 0 amide bonds. The zero-order valence-corrected chi connectivity index (χ0v) is 6.74. The van der Waals surface area contributed by atoms with Crippen LogP contribution in [0.5, 0.6) is 0 Å². The molecule has 0 radical (unpaired) electrons. The minimum atomic E-state index is -1.86. The molecule has 0 aliphatic carbocycles. The van der Waals surface area contributed by atoms with Gasteiger partial charge in [0.15, 0.2) is 6.29 Å². The molecule has 6 heteroatoms. The van der Waals surface area contributed by atoms with Gasteiger partial charge in [-0.15, -0.1) is 0 Å². The fourth-order valence-electron chi connectivity index (χ4n) is 0.666. The van der Waals surface area contributed by atoms with E-state index in [-0.39, 0.29) is 6.29 Å². The minimum absolute atomic E-state index is 0.000737. The van der Waals surface area contributed by atoms with Gasteiger partial charge in [-0.25, -0.2) is 0 Å². The zero-order chi connectivity index (χ0) is 10.6. The highest BCUT2D eigenvalue weighted by Gasteiger charge is 2.31. The number of aliphatic hydroxyl groups is 5. The van der Waals surface area contributed by atoms with Gasteiger partial charge in [0.2, 0.25) is 0 Å². The monoisotopic (exact) mass is 192 g/mol. The lowest BCUT2D eigenvalue weighted by atomic mass is 10.0. The summed E-state index contributed by atoms with van der Waals surface area (Å²) in [6, 6.07) is 0. The molecule has 5 N–H and O–H groups in total. The summed E-state index contributed by atoms with van der Waals surface area (Å²) in [6.45, 7) is 2.91. The van der Waals surface area contributed by atoms with E-state index in [2.05, 4.69) is 6.58 Å². The van der Waals surface area contributed by atoms with Crippen molar-refractivity contribution < 1.29 is 30.3 Å². The highest BCUT2D eigenvalue weighted by Crippen LogP contribution is 2.08. The van der Waals surface area contributed by atoms with Crippen molar-refractivity contribution in [3.05, 3.63) is 12.3 Å². The molecule has 6 nitrogen and oxygen atoms in total. The molecule has 4 atom stereocenters. The van der Waals surface area contributed by atoms with Gasteiger partial charge in [-0.2, -0.15) is 0 Å². The Morgan fingerprint density at radius 3 is 1.92 bits per heavy atom.